The van der Waals surface area contributed by atoms with Gasteiger partial charge in [0.25, 0.3) is 0 Å². The van der Waals surface area contributed by atoms with Crippen molar-refractivity contribution in [3.05, 3.63) is 12.8 Å². The molecule has 0 fully saturated rings. The molecule has 0 unspecified atom stereocenters. The van der Waals surface area contributed by atoms with E-state index in [0.717, 1.165) is 0 Å². The maximum Gasteiger partial charge on any atom is -0.0136 e. The number of hydrogen-bond acceptors (Lipinski definition) is 2. The van der Waals surface area contributed by atoms with Gasteiger partial charge in [0.15, 0.2) is 0 Å². The highest BCUT2D eigenvalue weighted by Gasteiger charge is 1.09. The fraction of sp³-hybridized carbons (Fsp3) is 0. The highest BCUT2D eigenvalue weighted by molar-refractivity contribution is 5.15. The Kier molecular flexibility index (Phi) is 632. The Bertz CT molecular complexity index is 18.9. The molecule has 30 valence electrons. The van der Waals surface area contributed by atoms with Crippen molar-refractivity contribution < 1.29 is 0 Å². The zero-order valence-corrected chi connectivity index (χ0v) is 3.07. The molecular formula is C3H8N2. The van der Waals surface area contributed by atoms with Crippen molar-refractivity contribution in [2.75, 3.05) is 0 Å². The van der Waals surface area contributed by atoms with Crippen molar-refractivity contribution in [1.29, 1.82) is 5.41 Å². The fourth-order valence-electron chi connectivity index (χ4n) is 0. The summed E-state index contributed by atoms with van der Waals surface area (Å²) in [6, 6.07) is 0. The summed E-state index contributed by atoms with van der Waals surface area (Å²) < 4.78 is 0. The summed E-state index contributed by atoms with van der Waals surface area (Å²) in [7, 11) is 0. The first-order valence-electron chi connectivity index (χ1n) is 1.10. The van der Waals surface area contributed by atoms with Crippen molar-refractivity contribution in [3.63, 3.8) is 0 Å². The van der Waals surface area contributed by atoms with Gasteiger partial charge in [-0.05, 0) is 12.9 Å². The molecule has 0 aromatic carbocycles. The lowest BCUT2D eigenvalue weighted by molar-refractivity contribution is 1.61. The summed E-state index contributed by atoms with van der Waals surface area (Å²) in [4.78, 5) is 0. The molecule has 0 aliphatic rings. The highest BCUT2D eigenvalue weighted by atomic mass is 14.5. The fourth-order valence-corrected chi connectivity index (χ4v) is 0. The quantitative estimate of drug-likeness (QED) is 0.399. The normalized spacial score (nSPS) is 3.20. The number of rotatable bonds is 0. The second-order valence-corrected chi connectivity index (χ2v) is 0.236. The lowest BCUT2D eigenvalue weighted by Gasteiger charge is -1.40. The van der Waals surface area contributed by atoms with Crippen LogP contribution in [0.3, 0.4) is 0 Å². The van der Waals surface area contributed by atoms with Crippen LogP contribution in [0.15, 0.2) is 12.8 Å². The van der Waals surface area contributed by atoms with Gasteiger partial charge in [-0.25, -0.2) is 0 Å². The molecule has 0 atom stereocenters. The van der Waals surface area contributed by atoms with Crippen molar-refractivity contribution in [2.45, 2.75) is 0 Å². The lowest BCUT2D eigenvalue weighted by atomic mass is 11.1. The van der Waals surface area contributed by atoms with E-state index in [2.05, 4.69) is 19.0 Å². The summed E-state index contributed by atoms with van der Waals surface area (Å²) >= 11 is 0. The average molecular weight is 72.1 g/mol. The van der Waals surface area contributed by atoms with Gasteiger partial charge < -0.3 is 11.1 Å². The first-order valence-corrected chi connectivity index (χ1v) is 1.10. The van der Waals surface area contributed by atoms with Gasteiger partial charge in [0.1, 0.15) is 0 Å². The van der Waals surface area contributed by atoms with Crippen molar-refractivity contribution in [1.82, 2.24) is 0 Å². The number of nitrogens with one attached hydrogen (secondary N) is 1. The first-order chi connectivity index (χ1) is 2.41. The van der Waals surface area contributed by atoms with Crippen LogP contribution in [0, 0.1) is 5.41 Å². The average Bonchev–Trinajstić information content (AvgIpc) is 1.46. The smallest absolute Gasteiger partial charge is 0.0136 e. The zero-order chi connectivity index (χ0) is 4.71. The Morgan fingerprint density at radius 1 is 1.60 bits per heavy atom. The second kappa shape index (κ2) is 356. The summed E-state index contributed by atoms with van der Waals surface area (Å²) in [5, 5.41) is 5.50. The molecule has 5 heavy (non-hydrogen) atoms. The maximum atomic E-state index is 5.50. The van der Waals surface area contributed by atoms with E-state index in [-0.39, 0.29) is 0 Å². The van der Waals surface area contributed by atoms with Crippen LogP contribution in [0.2, 0.25) is 0 Å². The largest absolute Gasteiger partial charge is 0.405 e. The summed E-state index contributed by atoms with van der Waals surface area (Å²) in [6.45, 7) is 5.64. The lowest BCUT2D eigenvalue weighted by Crippen LogP contribution is -1.67. The van der Waals surface area contributed by atoms with Gasteiger partial charge in [-0.2, -0.15) is 0 Å². The molecule has 3 N–H and O–H groups in total. The molecule has 0 aliphatic carbocycles. The van der Waals surface area contributed by atoms with Gasteiger partial charge in [-0.15, -0.1) is 0 Å². The van der Waals surface area contributed by atoms with E-state index in [1.165, 1.54) is 6.20 Å². The van der Waals surface area contributed by atoms with Crippen LogP contribution in [0.1, 0.15) is 0 Å². The Hall–Kier alpha value is -0.790. The minimum absolute atomic E-state index is 1.25. The molecule has 0 aliphatic heterocycles. The highest BCUT2D eigenvalue weighted by Crippen LogP contribution is 1.13. The molecule has 0 aromatic rings. The first kappa shape index (κ1) is 8.88. The van der Waals surface area contributed by atoms with E-state index in [1.54, 1.807) is 0 Å². The molecule has 0 bridgehead atoms. The molecule has 0 spiro atoms. The molecule has 0 rings (SSSR count). The van der Waals surface area contributed by atoms with E-state index in [0.29, 0.717) is 0 Å². The topological polar surface area (TPSA) is 49.9 Å². The van der Waals surface area contributed by atoms with Crippen molar-refractivity contribution in [3.8, 4) is 0 Å². The van der Waals surface area contributed by atoms with Gasteiger partial charge in [0.2, 0.25) is 0 Å². The van der Waals surface area contributed by atoms with Crippen LogP contribution < -0.4 is 5.73 Å². The van der Waals surface area contributed by atoms with E-state index >= 15 is 0 Å². The van der Waals surface area contributed by atoms with Crippen LogP contribution in [-0.4, -0.2) is 6.72 Å². The van der Waals surface area contributed by atoms with Gasteiger partial charge in [-0.1, -0.05) is 6.58 Å². The Morgan fingerprint density at radius 3 is 1.60 bits per heavy atom. The minimum atomic E-state index is 1.25. The third-order valence-electron chi connectivity index (χ3n) is 0. The minimum Gasteiger partial charge on any atom is -0.405 e. The van der Waals surface area contributed by atoms with E-state index in [1.807, 2.05) is 0 Å². The van der Waals surface area contributed by atoms with Gasteiger partial charge >= 0.3 is 0 Å². The molecule has 0 amide bonds. The predicted octanol–water partition coefficient (Wildman–Crippen LogP) is 0.354. The Balaban J connectivity index is 0. The van der Waals surface area contributed by atoms with Crippen molar-refractivity contribution >= 4 is 6.72 Å². The Morgan fingerprint density at radius 2 is 1.60 bits per heavy atom. The second-order valence-electron chi connectivity index (χ2n) is 0.236. The third kappa shape index (κ3) is 7.53. The molecule has 0 radical (unpaired) electrons. The Labute approximate surface area is 31.8 Å². The maximum absolute atomic E-state index is 5.50. The molecule has 2 nitrogen and oxygen atoms in total. The van der Waals surface area contributed by atoms with Gasteiger partial charge in [-0.3, -0.25) is 0 Å². The summed E-state index contributed by atoms with van der Waals surface area (Å²) in [5.41, 5.74) is 4.61. The molecule has 0 heterocycles. The monoisotopic (exact) mass is 72.1 g/mol. The van der Waals surface area contributed by atoms with Crippen LogP contribution in [0.4, 0.5) is 0 Å². The third-order valence-corrected chi connectivity index (χ3v) is 0. The summed E-state index contributed by atoms with van der Waals surface area (Å²) in [6.07, 6.45) is 1.25. The molecule has 0 saturated carbocycles. The number of hydrogen-bond donors (Lipinski definition) is 2. The summed E-state index contributed by atoms with van der Waals surface area (Å²) in [5.74, 6) is 0. The van der Waals surface area contributed by atoms with Crippen LogP contribution in [0.5, 0.6) is 0 Å². The standard InChI is InChI=1S/C2H5N.CH3N/c1-2-3;1-2/h2H,1,3H2;2H,1H2. The van der Waals surface area contributed by atoms with Crippen LogP contribution in [0.25, 0.3) is 0 Å². The predicted molar refractivity (Wildman–Crippen MR) is 24.2 cm³/mol. The molecule has 0 aromatic heterocycles. The number of nitrogens with two attached hydrogens (primary N) is 1. The van der Waals surface area contributed by atoms with E-state index < -0.39 is 0 Å². The van der Waals surface area contributed by atoms with Crippen molar-refractivity contribution in [2.24, 2.45) is 5.73 Å². The van der Waals surface area contributed by atoms with E-state index in [9.17, 15) is 0 Å². The SMILES string of the molecule is C=CN.C=N. The van der Waals surface area contributed by atoms with Gasteiger partial charge in [0, 0.05) is 0 Å². The zero-order valence-electron chi connectivity index (χ0n) is 3.07. The molecule has 2 heteroatoms. The van der Waals surface area contributed by atoms with Gasteiger partial charge in [0.05, 0.1) is 0 Å². The van der Waals surface area contributed by atoms with Crippen LogP contribution >= 0.6 is 0 Å². The van der Waals surface area contributed by atoms with E-state index in [4.69, 9.17) is 5.41 Å². The van der Waals surface area contributed by atoms with Crippen LogP contribution in [-0.2, 0) is 0 Å². The molecular weight excluding hydrogens is 64.0 g/mol. The molecule has 0 saturated heterocycles.